The standard InChI is InChI=1S/C12H11N2O.B.Sn.3U/c1-3-14-8-9(7-13)11-5-4-10(15-2)6-12(11)14;;;;;/h4-6H,3H2,1-2H3;;;;;. The molecule has 0 fully saturated rings. The summed E-state index contributed by atoms with van der Waals surface area (Å²) in [6, 6.07) is 8.15. The van der Waals surface area contributed by atoms with Crippen LogP contribution in [0.2, 0.25) is 0 Å². The minimum Gasteiger partial charge on any atom is 0 e. The molecule has 2 aromatic rings. The molecule has 0 saturated carbocycles. The van der Waals surface area contributed by atoms with E-state index in [9.17, 15) is 5.26 Å². The van der Waals surface area contributed by atoms with Crippen molar-refractivity contribution in [2.24, 2.45) is 0 Å². The van der Waals surface area contributed by atoms with Crippen molar-refractivity contribution in [3.05, 3.63) is 23.8 Å². The number of hydrogen-bond acceptors (Lipinski definition) is 2. The smallest absolute Gasteiger partial charge is 0 e. The number of nitrogens with zero attached hydrogens (tertiary/aromatic N) is 2. The summed E-state index contributed by atoms with van der Waals surface area (Å²) >= 11 is 1.27. The monoisotopic (exact) mass is 1040 g/mol. The van der Waals surface area contributed by atoms with Crippen molar-refractivity contribution >= 4 is 45.6 Å². The first-order valence-corrected chi connectivity index (χ1v) is 6.47. The van der Waals surface area contributed by atoms with Crippen LogP contribution in [-0.4, -0.2) is 42.6 Å². The molecule has 8 heteroatoms. The molecule has 0 N–H and O–H groups in total. The predicted molar refractivity (Wildman–Crippen MR) is 70.0 cm³/mol. The van der Waals surface area contributed by atoms with Gasteiger partial charge in [-0.05, 0) is 0 Å². The third kappa shape index (κ3) is 5.31. The van der Waals surface area contributed by atoms with Crippen LogP contribution in [0, 0.1) is 105 Å². The second-order valence-electron chi connectivity index (χ2n) is 3.46. The first-order valence-electron chi connectivity index (χ1n) is 5.04. The predicted octanol–water partition coefficient (Wildman–Crippen LogP) is 0.954. The molecule has 1 heterocycles. The number of methoxy groups -OCH3 is 1. The van der Waals surface area contributed by atoms with Crippen molar-refractivity contribution in [3.8, 4) is 11.8 Å². The van der Waals surface area contributed by atoms with Gasteiger partial charge in [-0.2, -0.15) is 0 Å². The van der Waals surface area contributed by atoms with E-state index in [-0.39, 0.29) is 102 Å². The Labute approximate surface area is 206 Å². The third-order valence-electron chi connectivity index (χ3n) is 2.70. The van der Waals surface area contributed by atoms with E-state index in [1.54, 1.807) is 7.11 Å². The average molecular weight is 1040 g/mol. The maximum atomic E-state index is 9.17. The molecule has 0 aliphatic carbocycles. The van der Waals surface area contributed by atoms with E-state index >= 15 is 0 Å². The Morgan fingerprint density at radius 3 is 2.35 bits per heavy atom. The molecular formula is C12H11BN2OSnU3. The van der Waals surface area contributed by atoms with Crippen molar-refractivity contribution in [1.29, 1.82) is 5.26 Å². The molecule has 0 spiro atoms. The van der Waals surface area contributed by atoms with Gasteiger partial charge in [0.2, 0.25) is 0 Å². The molecule has 0 aliphatic heterocycles. The van der Waals surface area contributed by atoms with E-state index in [4.69, 9.17) is 4.74 Å². The molecule has 2 rings (SSSR count). The second kappa shape index (κ2) is 12.5. The van der Waals surface area contributed by atoms with E-state index in [0.717, 1.165) is 32.5 Å². The first kappa shape index (κ1) is 26.9. The van der Waals surface area contributed by atoms with Gasteiger partial charge in [-0.15, -0.1) is 0 Å². The second-order valence-corrected chi connectivity index (χ2v) is 4.81. The van der Waals surface area contributed by atoms with Crippen molar-refractivity contribution in [2.75, 3.05) is 7.11 Å². The first-order chi connectivity index (χ1) is 7.72. The molecule has 3 nitrogen and oxygen atoms in total. The zero-order chi connectivity index (χ0) is 11.7. The van der Waals surface area contributed by atoms with Crippen LogP contribution in [0.3, 0.4) is 0 Å². The number of rotatable bonds is 2. The minimum atomic E-state index is 0. The Morgan fingerprint density at radius 1 is 1.30 bits per heavy atom. The molecule has 6 radical (unpaired) electrons. The summed E-state index contributed by atoms with van der Waals surface area (Å²) in [5, 5.41) is 10.2. The molecule has 94 valence electrons. The van der Waals surface area contributed by atoms with E-state index in [1.807, 2.05) is 18.2 Å². The van der Waals surface area contributed by atoms with E-state index in [0.29, 0.717) is 0 Å². The molecule has 0 aliphatic rings. The Morgan fingerprint density at radius 2 is 1.90 bits per heavy atom. The van der Waals surface area contributed by atoms with Gasteiger partial charge in [-0.1, -0.05) is 0 Å². The van der Waals surface area contributed by atoms with E-state index < -0.39 is 0 Å². The number of ether oxygens (including phenoxy) is 1. The number of nitriles is 1. The van der Waals surface area contributed by atoms with Crippen LogP contribution in [0.1, 0.15) is 12.5 Å². The van der Waals surface area contributed by atoms with Crippen LogP contribution >= 0.6 is 0 Å². The van der Waals surface area contributed by atoms with Crippen LogP contribution in [0.5, 0.6) is 5.75 Å². The molecule has 0 amide bonds. The van der Waals surface area contributed by atoms with Crippen LogP contribution < -0.4 is 8.45 Å². The summed E-state index contributed by atoms with van der Waals surface area (Å²) in [5.41, 5.74) is 1.89. The van der Waals surface area contributed by atoms with Crippen LogP contribution in [0.15, 0.2) is 18.2 Å². The van der Waals surface area contributed by atoms with Gasteiger partial charge >= 0.3 is 108 Å². The van der Waals surface area contributed by atoms with Gasteiger partial charge in [0.15, 0.2) is 0 Å². The van der Waals surface area contributed by atoms with Gasteiger partial charge in [0.05, 0.1) is 0 Å². The Kier molecular flexibility index (Phi) is 16.8. The number of benzene rings is 1. The van der Waals surface area contributed by atoms with Gasteiger partial charge in [0.25, 0.3) is 0 Å². The fourth-order valence-electron chi connectivity index (χ4n) is 1.90. The number of aromatic nitrogens is 1. The largest absolute Gasteiger partial charge is 0 e. The zero-order valence-corrected chi connectivity index (χ0v) is 26.7. The Balaban J connectivity index is -0.000000722. The van der Waals surface area contributed by atoms with E-state index in [1.165, 1.54) is 22.5 Å². The summed E-state index contributed by atoms with van der Waals surface area (Å²) in [6.07, 6.45) is 0. The maximum Gasteiger partial charge on any atom is 0 e. The molecule has 1 aromatic heterocycles. The normalized spacial score (nSPS) is 8.30. The summed E-state index contributed by atoms with van der Waals surface area (Å²) in [4.78, 5) is 0. The van der Waals surface area contributed by atoms with Crippen LogP contribution in [0.4, 0.5) is 0 Å². The van der Waals surface area contributed by atoms with E-state index in [2.05, 4.69) is 17.6 Å². The van der Waals surface area contributed by atoms with Gasteiger partial charge in [0.1, 0.15) is 0 Å². The topological polar surface area (TPSA) is 38.0 Å². The van der Waals surface area contributed by atoms with Crippen molar-refractivity contribution in [1.82, 2.24) is 4.57 Å². The Hall–Kier alpha value is 2.07. The third-order valence-corrected chi connectivity index (χ3v) is 4.18. The molecule has 0 saturated heterocycles. The summed E-state index contributed by atoms with van der Waals surface area (Å²) in [7, 11) is 1.66. The van der Waals surface area contributed by atoms with Crippen LogP contribution in [0.25, 0.3) is 10.9 Å². The summed E-state index contributed by atoms with van der Waals surface area (Å²) in [5.74, 6) is 0.833. The number of fused-ring (bicyclic) bond motifs is 1. The quantitative estimate of drug-likeness (QED) is 0.422. The van der Waals surface area contributed by atoms with Gasteiger partial charge in [-0.25, -0.2) is 0 Å². The zero-order valence-electron chi connectivity index (χ0n) is 11.3. The summed E-state index contributed by atoms with van der Waals surface area (Å²) < 4.78 is 8.50. The molecule has 0 atom stereocenters. The fourth-order valence-corrected chi connectivity index (χ4v) is 3.24. The Bertz CT molecular complexity index is 598. The minimum absolute atomic E-state index is 0. The molecule has 0 unspecified atom stereocenters. The van der Waals surface area contributed by atoms with Gasteiger partial charge in [0, 0.05) is 102 Å². The SMILES string of the molecule is CCn1[c]([Sn])c(C#N)c2ccc(OC)cc21.[B].[U].[U].[U]. The van der Waals surface area contributed by atoms with Crippen molar-refractivity contribution in [3.63, 3.8) is 0 Å². The fraction of sp³-hybridized carbons (Fsp3) is 0.250. The van der Waals surface area contributed by atoms with Gasteiger partial charge < -0.3 is 0 Å². The van der Waals surface area contributed by atoms with Crippen LogP contribution in [-0.2, 0) is 6.54 Å². The van der Waals surface area contributed by atoms with Crippen molar-refractivity contribution < 1.29 is 98.1 Å². The summed E-state index contributed by atoms with van der Waals surface area (Å²) in [6.45, 7) is 2.97. The molecular weight excluding hydrogens is 1030 g/mol. The number of aryl methyl sites for hydroxylation is 1. The molecule has 1 aromatic carbocycles. The van der Waals surface area contributed by atoms with Gasteiger partial charge in [-0.3, -0.25) is 0 Å². The molecule has 0 bridgehead atoms. The van der Waals surface area contributed by atoms with Crippen molar-refractivity contribution in [2.45, 2.75) is 13.5 Å². The average Bonchev–Trinajstić information content (AvgIpc) is 2.59. The molecule has 20 heavy (non-hydrogen) atoms. The maximum absolute atomic E-state index is 9.17. The number of hydrogen-bond donors (Lipinski definition) is 0.